The summed E-state index contributed by atoms with van der Waals surface area (Å²) in [4.78, 5) is 22.4. The standard InChI is InChI=1S/C16H25N6O6P/c17-6-4-2-1-3-5-10-21-11-14(18)19-8-20-15(11)22(10)16-12(23)13-9(27-16)7-26-29(24,25)28-13/h8-9,12-13,16,23H,1-7,17H2,(H,24,25)(H2,18,19,20)/t9-,12-,13-,16-/m1/s1. The van der Waals surface area contributed by atoms with Gasteiger partial charge in [-0.3, -0.25) is 13.6 Å². The third kappa shape index (κ3) is 4.02. The fourth-order valence-electron chi connectivity index (χ4n) is 3.75. The van der Waals surface area contributed by atoms with Crippen molar-refractivity contribution in [1.29, 1.82) is 0 Å². The third-order valence-corrected chi connectivity index (χ3v) is 6.14. The molecule has 12 nitrogen and oxygen atoms in total. The predicted octanol–water partition coefficient (Wildman–Crippen LogP) is 0.244. The summed E-state index contributed by atoms with van der Waals surface area (Å²) in [6.45, 7) is 0.497. The second kappa shape index (κ2) is 8.23. The second-order valence-corrected chi connectivity index (χ2v) is 8.58. The first kappa shape index (κ1) is 20.6. The fraction of sp³-hybridized carbons (Fsp3) is 0.688. The molecule has 2 aromatic heterocycles. The van der Waals surface area contributed by atoms with Crippen molar-refractivity contribution in [3.05, 3.63) is 12.2 Å². The summed E-state index contributed by atoms with van der Waals surface area (Å²) in [7, 11) is -4.21. The van der Waals surface area contributed by atoms with E-state index in [1.807, 2.05) is 0 Å². The summed E-state index contributed by atoms with van der Waals surface area (Å²) in [6.07, 6.45) is 1.91. The van der Waals surface area contributed by atoms with Gasteiger partial charge in [0, 0.05) is 6.42 Å². The number of fused-ring (bicyclic) bond motifs is 2. The van der Waals surface area contributed by atoms with Crippen LogP contribution >= 0.6 is 7.82 Å². The molecule has 6 N–H and O–H groups in total. The molecule has 29 heavy (non-hydrogen) atoms. The predicted molar refractivity (Wildman–Crippen MR) is 102 cm³/mol. The van der Waals surface area contributed by atoms with Gasteiger partial charge in [-0.2, -0.15) is 0 Å². The van der Waals surface area contributed by atoms with Crippen molar-refractivity contribution in [2.24, 2.45) is 5.73 Å². The molecule has 0 spiro atoms. The van der Waals surface area contributed by atoms with E-state index in [0.717, 1.165) is 25.7 Å². The van der Waals surface area contributed by atoms with Gasteiger partial charge in [0.25, 0.3) is 0 Å². The lowest BCUT2D eigenvalue weighted by Crippen LogP contribution is -2.39. The SMILES string of the molecule is NCCCCCCc1nc2c(N)ncnc2n1[C@@H]1O[C@@H]2COP(=O)(O)O[C@H]2[C@H]1O. The van der Waals surface area contributed by atoms with Gasteiger partial charge in [0.1, 0.15) is 30.5 Å². The zero-order chi connectivity index (χ0) is 20.6. The molecule has 2 aliphatic rings. The van der Waals surface area contributed by atoms with Crippen molar-refractivity contribution in [2.75, 3.05) is 18.9 Å². The highest BCUT2D eigenvalue weighted by Gasteiger charge is 2.53. The summed E-state index contributed by atoms with van der Waals surface area (Å²) >= 11 is 0. The number of nitrogens with zero attached hydrogens (tertiary/aromatic N) is 4. The Morgan fingerprint density at radius 1 is 1.28 bits per heavy atom. The molecule has 0 amide bonds. The fourth-order valence-corrected chi connectivity index (χ4v) is 4.71. The molecule has 2 aromatic rings. The van der Waals surface area contributed by atoms with Gasteiger partial charge < -0.3 is 26.2 Å². The maximum absolute atomic E-state index is 11.7. The number of nitrogen functional groups attached to an aromatic ring is 1. The molecule has 4 rings (SSSR count). The van der Waals surface area contributed by atoms with Crippen LogP contribution < -0.4 is 11.5 Å². The lowest BCUT2D eigenvalue weighted by atomic mass is 10.1. The second-order valence-electron chi connectivity index (χ2n) is 7.17. The topological polar surface area (TPSA) is 181 Å². The molecule has 1 unspecified atom stereocenters. The molecular weight excluding hydrogens is 403 g/mol. The molecule has 5 atom stereocenters. The maximum atomic E-state index is 11.7. The van der Waals surface area contributed by atoms with E-state index in [2.05, 4.69) is 15.0 Å². The molecule has 13 heteroatoms. The van der Waals surface area contributed by atoms with Crippen molar-refractivity contribution in [3.63, 3.8) is 0 Å². The number of ether oxygens (including phenoxy) is 1. The minimum absolute atomic E-state index is 0.163. The van der Waals surface area contributed by atoms with Gasteiger partial charge in [-0.05, 0) is 19.4 Å². The molecular formula is C16H25N6O6P. The van der Waals surface area contributed by atoms with Gasteiger partial charge in [0.05, 0.1) is 6.61 Å². The van der Waals surface area contributed by atoms with Crippen LogP contribution in [0.4, 0.5) is 5.82 Å². The zero-order valence-corrected chi connectivity index (χ0v) is 16.6. The lowest BCUT2D eigenvalue weighted by molar-refractivity contribution is -0.0670. The number of aryl methyl sites for hydroxylation is 1. The van der Waals surface area contributed by atoms with Crippen LogP contribution in [-0.4, -0.2) is 61.0 Å². The first-order chi connectivity index (χ1) is 13.9. The normalized spacial score (nSPS) is 32.0. The Bertz CT molecular complexity index is 925. The molecule has 0 radical (unpaired) electrons. The third-order valence-electron chi connectivity index (χ3n) is 5.15. The average Bonchev–Trinajstić information content (AvgIpc) is 3.19. The Balaban J connectivity index is 1.64. The van der Waals surface area contributed by atoms with Gasteiger partial charge in [-0.15, -0.1) is 0 Å². The maximum Gasteiger partial charge on any atom is 0.472 e. The van der Waals surface area contributed by atoms with Crippen molar-refractivity contribution < 1.29 is 28.3 Å². The van der Waals surface area contributed by atoms with Crippen LogP contribution in [0.3, 0.4) is 0 Å². The number of nitrogens with two attached hydrogens (primary N) is 2. The number of hydrogen-bond acceptors (Lipinski definition) is 10. The average molecular weight is 428 g/mol. The van der Waals surface area contributed by atoms with Gasteiger partial charge in [0.15, 0.2) is 23.2 Å². The first-order valence-electron chi connectivity index (χ1n) is 9.58. The smallest absolute Gasteiger partial charge is 0.386 e. The zero-order valence-electron chi connectivity index (χ0n) is 15.8. The molecule has 2 saturated heterocycles. The highest BCUT2D eigenvalue weighted by atomic mass is 31.2. The van der Waals surface area contributed by atoms with Crippen molar-refractivity contribution >= 4 is 24.8 Å². The number of unbranched alkanes of at least 4 members (excludes halogenated alkanes) is 3. The largest absolute Gasteiger partial charge is 0.472 e. The summed E-state index contributed by atoms with van der Waals surface area (Å²) in [6, 6.07) is 0. The van der Waals surface area contributed by atoms with Crippen molar-refractivity contribution in [1.82, 2.24) is 19.5 Å². The number of phosphoric acid groups is 1. The van der Waals surface area contributed by atoms with Crippen LogP contribution in [0.15, 0.2) is 6.33 Å². The summed E-state index contributed by atoms with van der Waals surface area (Å²) < 4.78 is 29.2. The lowest BCUT2D eigenvalue weighted by Gasteiger charge is -2.27. The van der Waals surface area contributed by atoms with Crippen molar-refractivity contribution in [2.45, 2.75) is 56.6 Å². The van der Waals surface area contributed by atoms with E-state index in [0.29, 0.717) is 30.0 Å². The van der Waals surface area contributed by atoms with E-state index in [-0.39, 0.29) is 12.4 Å². The van der Waals surface area contributed by atoms with Gasteiger partial charge >= 0.3 is 7.82 Å². The first-order valence-corrected chi connectivity index (χ1v) is 11.1. The van der Waals surface area contributed by atoms with Crippen LogP contribution in [0.25, 0.3) is 11.2 Å². The molecule has 4 heterocycles. The minimum atomic E-state index is -4.21. The Labute approximate surface area is 166 Å². The van der Waals surface area contributed by atoms with E-state index in [4.69, 9.17) is 25.3 Å². The van der Waals surface area contributed by atoms with Gasteiger partial charge in [0.2, 0.25) is 0 Å². The number of anilines is 1. The van der Waals surface area contributed by atoms with E-state index >= 15 is 0 Å². The molecule has 160 valence electrons. The molecule has 0 saturated carbocycles. The highest BCUT2D eigenvalue weighted by Crippen LogP contribution is 2.52. The highest BCUT2D eigenvalue weighted by molar-refractivity contribution is 7.47. The van der Waals surface area contributed by atoms with E-state index < -0.39 is 32.4 Å². The van der Waals surface area contributed by atoms with Crippen LogP contribution in [-0.2, 0) is 24.8 Å². The number of aliphatic hydroxyl groups is 1. The number of rotatable bonds is 7. The Morgan fingerprint density at radius 3 is 2.86 bits per heavy atom. The van der Waals surface area contributed by atoms with Gasteiger partial charge in [-0.1, -0.05) is 12.8 Å². The monoisotopic (exact) mass is 428 g/mol. The van der Waals surface area contributed by atoms with Crippen molar-refractivity contribution in [3.8, 4) is 0 Å². The Morgan fingerprint density at radius 2 is 2.07 bits per heavy atom. The number of hydrogen-bond donors (Lipinski definition) is 4. The van der Waals surface area contributed by atoms with Crippen LogP contribution in [0.1, 0.15) is 37.7 Å². The van der Waals surface area contributed by atoms with E-state index in [9.17, 15) is 14.6 Å². The minimum Gasteiger partial charge on any atom is -0.386 e. The molecule has 0 bridgehead atoms. The van der Waals surface area contributed by atoms with Crippen LogP contribution in [0.5, 0.6) is 0 Å². The molecule has 0 aliphatic carbocycles. The van der Waals surface area contributed by atoms with E-state index in [1.165, 1.54) is 6.33 Å². The van der Waals surface area contributed by atoms with Gasteiger partial charge in [-0.25, -0.2) is 19.5 Å². The molecule has 2 aliphatic heterocycles. The number of phosphoric ester groups is 1. The molecule has 2 fully saturated rings. The number of aromatic nitrogens is 4. The van der Waals surface area contributed by atoms with Crippen LogP contribution in [0.2, 0.25) is 0 Å². The summed E-state index contributed by atoms with van der Waals surface area (Å²) in [5, 5.41) is 10.8. The number of imidazole rings is 1. The Kier molecular flexibility index (Phi) is 5.85. The van der Waals surface area contributed by atoms with E-state index in [1.54, 1.807) is 4.57 Å². The summed E-state index contributed by atoms with van der Waals surface area (Å²) in [5.74, 6) is 0.859. The number of aliphatic hydroxyl groups excluding tert-OH is 1. The Hall–Kier alpha value is -1.66. The summed E-state index contributed by atoms with van der Waals surface area (Å²) in [5.41, 5.74) is 12.3. The molecule has 0 aromatic carbocycles. The van der Waals surface area contributed by atoms with Crippen LogP contribution in [0, 0.1) is 0 Å². The quantitative estimate of drug-likeness (QED) is 0.350.